The number of hydrogen-bond acceptors (Lipinski definition) is 4. The summed E-state index contributed by atoms with van der Waals surface area (Å²) in [7, 11) is -3.36. The normalized spacial score (nSPS) is 27.3. The lowest BCUT2D eigenvalue weighted by atomic mass is 9.81. The van der Waals surface area contributed by atoms with E-state index in [-0.39, 0.29) is 0 Å². The Morgan fingerprint density at radius 1 is 1.37 bits per heavy atom. The van der Waals surface area contributed by atoms with Gasteiger partial charge in [-0.2, -0.15) is 0 Å². The summed E-state index contributed by atoms with van der Waals surface area (Å²) < 4.78 is 27.6. The molecule has 1 N–H and O–H groups in total. The van der Waals surface area contributed by atoms with Crippen molar-refractivity contribution in [1.82, 2.24) is 9.71 Å². The lowest BCUT2D eigenvalue weighted by molar-refractivity contribution is 0.265. The summed E-state index contributed by atoms with van der Waals surface area (Å²) in [6, 6.07) is 0. The molecule has 3 rings (SSSR count). The lowest BCUT2D eigenvalue weighted by Crippen LogP contribution is -2.27. The zero-order valence-electron chi connectivity index (χ0n) is 11.3. The number of sulfonamides is 1. The molecule has 2 fully saturated rings. The predicted octanol–water partition coefficient (Wildman–Crippen LogP) is 2.47. The van der Waals surface area contributed by atoms with Gasteiger partial charge in [0, 0.05) is 6.54 Å². The van der Waals surface area contributed by atoms with E-state index >= 15 is 0 Å². The fourth-order valence-electron chi connectivity index (χ4n) is 3.00. The minimum atomic E-state index is -3.36. The van der Waals surface area contributed by atoms with E-state index in [0.29, 0.717) is 22.4 Å². The molecule has 0 aromatic carbocycles. The third kappa shape index (κ3) is 2.71. The molecule has 19 heavy (non-hydrogen) atoms. The zero-order valence-corrected chi connectivity index (χ0v) is 13.0. The second kappa shape index (κ2) is 4.82. The Morgan fingerprint density at radius 2 is 2.11 bits per heavy atom. The van der Waals surface area contributed by atoms with Gasteiger partial charge in [0.1, 0.15) is 0 Å². The minimum Gasteiger partial charge on any atom is -0.245 e. The molecular weight excluding hydrogens is 280 g/mol. The Kier molecular flexibility index (Phi) is 3.43. The van der Waals surface area contributed by atoms with Gasteiger partial charge in [-0.3, -0.25) is 0 Å². The average molecular weight is 300 g/mol. The van der Waals surface area contributed by atoms with Gasteiger partial charge in [-0.15, -0.1) is 11.3 Å². The molecule has 2 atom stereocenters. The van der Waals surface area contributed by atoms with Gasteiger partial charge in [-0.25, -0.2) is 18.1 Å². The van der Waals surface area contributed by atoms with E-state index in [4.69, 9.17) is 0 Å². The highest BCUT2D eigenvalue weighted by molar-refractivity contribution is 7.91. The zero-order chi connectivity index (χ0) is 13.6. The molecule has 6 heteroatoms. The van der Waals surface area contributed by atoms with Crippen molar-refractivity contribution >= 4 is 21.4 Å². The summed E-state index contributed by atoms with van der Waals surface area (Å²) >= 11 is 1.25. The van der Waals surface area contributed by atoms with E-state index in [1.54, 1.807) is 6.92 Å². The van der Waals surface area contributed by atoms with Crippen molar-refractivity contribution < 1.29 is 8.42 Å². The van der Waals surface area contributed by atoms with Crippen molar-refractivity contribution in [3.8, 4) is 0 Å². The van der Waals surface area contributed by atoms with Crippen LogP contribution >= 0.6 is 11.3 Å². The van der Waals surface area contributed by atoms with Gasteiger partial charge < -0.3 is 0 Å². The number of thiazole rings is 1. The van der Waals surface area contributed by atoms with Crippen LogP contribution in [-0.2, 0) is 10.0 Å². The summed E-state index contributed by atoms with van der Waals surface area (Å²) in [6.45, 7) is 4.19. The van der Waals surface area contributed by atoms with Crippen LogP contribution in [0.1, 0.15) is 36.4 Å². The van der Waals surface area contributed by atoms with Gasteiger partial charge in [0.15, 0.2) is 4.21 Å². The maximum absolute atomic E-state index is 12.2. The number of nitrogens with zero attached hydrogens (tertiary/aromatic N) is 1. The molecule has 0 spiro atoms. The molecule has 2 aliphatic rings. The minimum absolute atomic E-state index is 0.380. The number of nitrogens with one attached hydrogen (secondary N) is 1. The maximum Gasteiger partial charge on any atom is 0.251 e. The van der Waals surface area contributed by atoms with Gasteiger partial charge in [-0.1, -0.05) is 19.3 Å². The first-order valence-corrected chi connectivity index (χ1v) is 9.21. The van der Waals surface area contributed by atoms with Crippen molar-refractivity contribution in [2.75, 3.05) is 6.54 Å². The lowest BCUT2D eigenvalue weighted by Gasteiger charge is -2.25. The first-order chi connectivity index (χ1) is 8.97. The summed E-state index contributed by atoms with van der Waals surface area (Å²) in [6.07, 6.45) is 5.26. The van der Waals surface area contributed by atoms with Crippen molar-refractivity contribution in [2.45, 2.75) is 43.7 Å². The third-order valence-electron chi connectivity index (χ3n) is 4.37. The number of hydrogen-bond donors (Lipinski definition) is 1. The Labute approximate surface area is 118 Å². The molecule has 106 valence electrons. The van der Waals surface area contributed by atoms with E-state index < -0.39 is 10.0 Å². The van der Waals surface area contributed by atoms with Gasteiger partial charge in [0.25, 0.3) is 10.0 Å². The highest BCUT2D eigenvalue weighted by Crippen LogP contribution is 2.51. The molecule has 1 aromatic heterocycles. The first kappa shape index (κ1) is 13.5. The topological polar surface area (TPSA) is 59.1 Å². The Balaban J connectivity index is 1.59. The number of rotatable bonds is 5. The standard InChI is InChI=1S/C13H20N2O2S2/c1-8-13(18-9(2)15-8)19(16,17)14-7-11-6-12(11)10-4-3-5-10/h10-12,14H,3-7H2,1-2H3/t11-,12-/m0/s1. The molecule has 0 amide bonds. The van der Waals surface area contributed by atoms with Crippen LogP contribution < -0.4 is 4.72 Å². The van der Waals surface area contributed by atoms with E-state index in [1.165, 1.54) is 37.0 Å². The molecule has 4 nitrogen and oxygen atoms in total. The monoisotopic (exact) mass is 300 g/mol. The predicted molar refractivity (Wildman–Crippen MR) is 75.7 cm³/mol. The van der Waals surface area contributed by atoms with Crippen molar-refractivity contribution in [3.63, 3.8) is 0 Å². The van der Waals surface area contributed by atoms with Crippen LogP contribution in [0.3, 0.4) is 0 Å². The molecule has 0 bridgehead atoms. The molecule has 2 aliphatic carbocycles. The SMILES string of the molecule is Cc1nc(C)c(S(=O)(=O)NC[C@@H]2C[C@H]2C2CCC2)s1. The van der Waals surface area contributed by atoms with Gasteiger partial charge in [-0.05, 0) is 38.0 Å². The largest absolute Gasteiger partial charge is 0.251 e. The molecule has 1 heterocycles. The molecule has 2 saturated carbocycles. The molecule has 0 aliphatic heterocycles. The second-order valence-electron chi connectivity index (χ2n) is 5.81. The highest BCUT2D eigenvalue weighted by atomic mass is 32.2. The first-order valence-electron chi connectivity index (χ1n) is 6.91. The van der Waals surface area contributed by atoms with Crippen LogP contribution in [0, 0.1) is 31.6 Å². The fourth-order valence-corrected chi connectivity index (χ4v) is 5.62. The molecular formula is C13H20N2O2S2. The van der Waals surface area contributed by atoms with Crippen molar-refractivity contribution in [2.24, 2.45) is 17.8 Å². The van der Waals surface area contributed by atoms with Crippen LogP contribution in [0.2, 0.25) is 0 Å². The maximum atomic E-state index is 12.2. The smallest absolute Gasteiger partial charge is 0.245 e. The van der Waals surface area contributed by atoms with E-state index in [9.17, 15) is 8.42 Å². The molecule has 0 radical (unpaired) electrons. The summed E-state index contributed by atoms with van der Waals surface area (Å²) in [5.41, 5.74) is 0.612. The number of aromatic nitrogens is 1. The Morgan fingerprint density at radius 3 is 2.63 bits per heavy atom. The van der Waals surface area contributed by atoms with Crippen LogP contribution in [0.25, 0.3) is 0 Å². The highest BCUT2D eigenvalue weighted by Gasteiger charge is 2.44. The van der Waals surface area contributed by atoms with Crippen LogP contribution in [0.4, 0.5) is 0 Å². The van der Waals surface area contributed by atoms with Gasteiger partial charge >= 0.3 is 0 Å². The second-order valence-corrected chi connectivity index (χ2v) is 8.97. The molecule has 1 aromatic rings. The summed E-state index contributed by atoms with van der Waals surface area (Å²) in [5, 5.41) is 0.802. The van der Waals surface area contributed by atoms with Crippen LogP contribution in [0.15, 0.2) is 4.21 Å². The molecule has 0 unspecified atom stereocenters. The average Bonchev–Trinajstić information content (AvgIpc) is 2.91. The fraction of sp³-hybridized carbons (Fsp3) is 0.769. The van der Waals surface area contributed by atoms with E-state index in [1.807, 2.05) is 6.92 Å². The van der Waals surface area contributed by atoms with Crippen LogP contribution in [-0.4, -0.2) is 19.9 Å². The summed E-state index contributed by atoms with van der Waals surface area (Å²) in [4.78, 5) is 4.19. The quantitative estimate of drug-likeness (QED) is 0.909. The third-order valence-corrected chi connectivity index (χ3v) is 7.48. The van der Waals surface area contributed by atoms with E-state index in [0.717, 1.165) is 16.8 Å². The Hall–Kier alpha value is -0.460. The Bertz CT molecular complexity index is 575. The van der Waals surface area contributed by atoms with Crippen LogP contribution in [0.5, 0.6) is 0 Å². The van der Waals surface area contributed by atoms with Crippen molar-refractivity contribution in [1.29, 1.82) is 0 Å². The van der Waals surface area contributed by atoms with Crippen molar-refractivity contribution in [3.05, 3.63) is 10.7 Å². The van der Waals surface area contributed by atoms with Gasteiger partial charge in [0.05, 0.1) is 10.7 Å². The summed E-state index contributed by atoms with van der Waals surface area (Å²) in [5.74, 6) is 2.22. The number of aryl methyl sites for hydroxylation is 2. The molecule has 0 saturated heterocycles. The van der Waals surface area contributed by atoms with Gasteiger partial charge in [0.2, 0.25) is 0 Å². The van der Waals surface area contributed by atoms with E-state index in [2.05, 4.69) is 9.71 Å².